The molecular formula is C19H24N4O. The molecule has 3 heterocycles. The number of carbonyl (C=O) groups is 1. The summed E-state index contributed by atoms with van der Waals surface area (Å²) < 4.78 is 0. The molecule has 5 heteroatoms. The van der Waals surface area contributed by atoms with E-state index < -0.39 is 0 Å². The maximum atomic E-state index is 12.1. The lowest BCUT2D eigenvalue weighted by Crippen LogP contribution is -2.34. The van der Waals surface area contributed by atoms with Crippen molar-refractivity contribution < 1.29 is 4.79 Å². The zero-order valence-corrected chi connectivity index (χ0v) is 13.9. The molecule has 2 aliphatic rings. The third-order valence-corrected chi connectivity index (χ3v) is 5.04. The molecule has 1 amide bonds. The van der Waals surface area contributed by atoms with E-state index in [-0.39, 0.29) is 5.91 Å². The van der Waals surface area contributed by atoms with Crippen LogP contribution in [0, 0.1) is 0 Å². The Morgan fingerprint density at radius 3 is 2.96 bits per heavy atom. The molecule has 2 N–H and O–H groups in total. The van der Waals surface area contributed by atoms with Crippen LogP contribution in [-0.2, 0) is 13.0 Å². The van der Waals surface area contributed by atoms with Gasteiger partial charge in [-0.15, -0.1) is 0 Å². The number of aryl methyl sites for hydroxylation is 1. The third kappa shape index (κ3) is 3.22. The number of fused-ring (bicyclic) bond motifs is 1. The molecule has 126 valence electrons. The molecule has 0 aliphatic carbocycles. The normalized spacial score (nSPS) is 21.8. The fourth-order valence-electron chi connectivity index (χ4n) is 3.81. The van der Waals surface area contributed by atoms with Crippen LogP contribution in [0.3, 0.4) is 0 Å². The summed E-state index contributed by atoms with van der Waals surface area (Å²) in [4.78, 5) is 22.7. The number of nitrogens with one attached hydrogen (secondary N) is 2. The highest BCUT2D eigenvalue weighted by atomic mass is 16.1. The number of piperidine rings is 1. The van der Waals surface area contributed by atoms with Gasteiger partial charge < -0.3 is 10.3 Å². The van der Waals surface area contributed by atoms with Crippen molar-refractivity contribution in [3.63, 3.8) is 0 Å². The summed E-state index contributed by atoms with van der Waals surface area (Å²) in [5.74, 6) is 1.36. The molecule has 0 radical (unpaired) electrons. The van der Waals surface area contributed by atoms with Gasteiger partial charge in [0.1, 0.15) is 11.5 Å². The highest BCUT2D eigenvalue weighted by molar-refractivity contribution is 5.93. The van der Waals surface area contributed by atoms with E-state index in [4.69, 9.17) is 0 Å². The minimum atomic E-state index is -0.0260. The van der Waals surface area contributed by atoms with Gasteiger partial charge in [-0.25, -0.2) is 4.98 Å². The fourth-order valence-corrected chi connectivity index (χ4v) is 3.81. The molecule has 0 bridgehead atoms. The molecule has 1 fully saturated rings. The van der Waals surface area contributed by atoms with Crippen molar-refractivity contribution in [2.24, 2.45) is 0 Å². The molecule has 1 saturated heterocycles. The first kappa shape index (κ1) is 15.4. The first-order valence-corrected chi connectivity index (χ1v) is 8.93. The van der Waals surface area contributed by atoms with Gasteiger partial charge >= 0.3 is 0 Å². The maximum absolute atomic E-state index is 12.1. The summed E-state index contributed by atoms with van der Waals surface area (Å²) in [6.45, 7) is 3.86. The van der Waals surface area contributed by atoms with Crippen molar-refractivity contribution in [1.29, 1.82) is 0 Å². The number of likely N-dealkylation sites (tertiary alicyclic amines) is 1. The summed E-state index contributed by atoms with van der Waals surface area (Å²) in [5, 5.41) is 2.93. The second-order valence-corrected chi connectivity index (χ2v) is 6.87. The van der Waals surface area contributed by atoms with Gasteiger partial charge in [0.05, 0.1) is 0 Å². The smallest absolute Gasteiger partial charge is 0.271 e. The summed E-state index contributed by atoms with van der Waals surface area (Å²) in [6, 6.07) is 10.6. The second-order valence-electron chi connectivity index (χ2n) is 6.87. The van der Waals surface area contributed by atoms with Crippen molar-refractivity contribution in [3.05, 3.63) is 53.1 Å². The van der Waals surface area contributed by atoms with Crippen molar-refractivity contribution in [3.8, 4) is 0 Å². The Balaban J connectivity index is 1.48. The quantitative estimate of drug-likeness (QED) is 0.912. The lowest BCUT2D eigenvalue weighted by molar-refractivity contribution is 0.0951. The molecule has 4 rings (SSSR count). The van der Waals surface area contributed by atoms with Gasteiger partial charge in [-0.2, -0.15) is 0 Å². The zero-order chi connectivity index (χ0) is 16.4. The van der Waals surface area contributed by atoms with Crippen molar-refractivity contribution in [2.75, 3.05) is 19.6 Å². The zero-order valence-electron chi connectivity index (χ0n) is 13.9. The summed E-state index contributed by atoms with van der Waals surface area (Å²) >= 11 is 0. The van der Waals surface area contributed by atoms with Crippen molar-refractivity contribution >= 4 is 5.91 Å². The highest BCUT2D eigenvalue weighted by Crippen LogP contribution is 2.27. The predicted molar refractivity (Wildman–Crippen MR) is 92.9 cm³/mol. The molecule has 1 aromatic carbocycles. The lowest BCUT2D eigenvalue weighted by atomic mass is 9.97. The number of hydrogen-bond donors (Lipinski definition) is 2. The number of nitrogens with zero attached hydrogens (tertiary/aromatic N) is 2. The number of imidazole rings is 1. The van der Waals surface area contributed by atoms with Crippen LogP contribution >= 0.6 is 0 Å². The number of H-pyrrole nitrogens is 1. The standard InChI is InChI=1S/C19H24N4O/c24-19-17-16(9-4-10-20-19)21-18(22-17)15-8-5-11-23(13-15)12-14-6-2-1-3-7-14/h1-3,6-7,15H,4-5,8-13H2,(H,20,24)(H,21,22)/t15-/m0/s1. The van der Waals surface area contributed by atoms with E-state index in [0.717, 1.165) is 57.0 Å². The lowest BCUT2D eigenvalue weighted by Gasteiger charge is -2.31. The van der Waals surface area contributed by atoms with E-state index in [1.165, 1.54) is 12.0 Å². The molecular weight excluding hydrogens is 300 g/mol. The fraction of sp³-hybridized carbons (Fsp3) is 0.474. The van der Waals surface area contributed by atoms with Gasteiger partial charge in [0.2, 0.25) is 0 Å². The summed E-state index contributed by atoms with van der Waals surface area (Å²) in [7, 11) is 0. The monoisotopic (exact) mass is 324 g/mol. The van der Waals surface area contributed by atoms with E-state index in [1.807, 2.05) is 0 Å². The van der Waals surface area contributed by atoms with E-state index in [2.05, 4.69) is 50.5 Å². The van der Waals surface area contributed by atoms with Crippen LogP contribution in [0.25, 0.3) is 0 Å². The van der Waals surface area contributed by atoms with Crippen LogP contribution in [-0.4, -0.2) is 40.4 Å². The molecule has 0 unspecified atom stereocenters. The molecule has 1 aromatic heterocycles. The van der Waals surface area contributed by atoms with Gasteiger partial charge in [0, 0.05) is 31.2 Å². The highest BCUT2D eigenvalue weighted by Gasteiger charge is 2.27. The van der Waals surface area contributed by atoms with E-state index in [9.17, 15) is 4.79 Å². The largest absolute Gasteiger partial charge is 0.351 e. The van der Waals surface area contributed by atoms with Crippen molar-refractivity contribution in [2.45, 2.75) is 38.1 Å². The van der Waals surface area contributed by atoms with Gasteiger partial charge in [-0.05, 0) is 37.8 Å². The minimum Gasteiger partial charge on any atom is -0.351 e. The van der Waals surface area contributed by atoms with Crippen LogP contribution in [0.5, 0.6) is 0 Å². The Hall–Kier alpha value is -2.14. The second kappa shape index (κ2) is 6.77. The molecule has 2 aromatic rings. The predicted octanol–water partition coefficient (Wildman–Crippen LogP) is 2.47. The Morgan fingerprint density at radius 1 is 1.21 bits per heavy atom. The first-order chi connectivity index (χ1) is 11.8. The van der Waals surface area contributed by atoms with Crippen molar-refractivity contribution in [1.82, 2.24) is 20.2 Å². The number of benzene rings is 1. The van der Waals surface area contributed by atoms with Crippen LogP contribution < -0.4 is 5.32 Å². The SMILES string of the molecule is O=C1NCCCc2[nH]c([C@H]3CCCN(Cc4ccccc4)C3)nc21. The number of rotatable bonds is 3. The topological polar surface area (TPSA) is 61.0 Å². The van der Waals surface area contributed by atoms with Crippen LogP contribution in [0.4, 0.5) is 0 Å². The first-order valence-electron chi connectivity index (χ1n) is 8.93. The van der Waals surface area contributed by atoms with E-state index in [0.29, 0.717) is 11.6 Å². The minimum absolute atomic E-state index is 0.0260. The molecule has 2 aliphatic heterocycles. The maximum Gasteiger partial charge on any atom is 0.271 e. The number of hydrogen-bond acceptors (Lipinski definition) is 3. The molecule has 0 spiro atoms. The summed E-state index contributed by atoms with van der Waals surface area (Å²) in [6.07, 6.45) is 4.20. The van der Waals surface area contributed by atoms with Gasteiger partial charge in [-0.1, -0.05) is 30.3 Å². The average molecular weight is 324 g/mol. The summed E-state index contributed by atoms with van der Waals surface area (Å²) in [5.41, 5.74) is 2.98. The van der Waals surface area contributed by atoms with Crippen LogP contribution in [0.15, 0.2) is 30.3 Å². The van der Waals surface area contributed by atoms with E-state index in [1.54, 1.807) is 0 Å². The Kier molecular flexibility index (Phi) is 4.34. The van der Waals surface area contributed by atoms with Crippen LogP contribution in [0.1, 0.15) is 52.8 Å². The molecule has 24 heavy (non-hydrogen) atoms. The third-order valence-electron chi connectivity index (χ3n) is 5.04. The number of aromatic nitrogens is 2. The van der Waals surface area contributed by atoms with Gasteiger partial charge in [0.25, 0.3) is 5.91 Å². The Morgan fingerprint density at radius 2 is 2.08 bits per heavy atom. The Labute approximate surface area is 142 Å². The average Bonchev–Trinajstić information content (AvgIpc) is 2.97. The van der Waals surface area contributed by atoms with Gasteiger partial charge in [0.15, 0.2) is 0 Å². The molecule has 0 saturated carbocycles. The molecule has 1 atom stereocenters. The van der Waals surface area contributed by atoms with Gasteiger partial charge in [-0.3, -0.25) is 9.69 Å². The molecule has 5 nitrogen and oxygen atoms in total. The van der Waals surface area contributed by atoms with Crippen LogP contribution in [0.2, 0.25) is 0 Å². The number of amides is 1. The number of aromatic amines is 1. The van der Waals surface area contributed by atoms with E-state index >= 15 is 0 Å². The Bertz CT molecular complexity index is 709. The number of carbonyl (C=O) groups excluding carboxylic acids is 1.